The van der Waals surface area contributed by atoms with Gasteiger partial charge in [0.15, 0.2) is 0 Å². The topological polar surface area (TPSA) is 41.5 Å². The van der Waals surface area contributed by atoms with Gasteiger partial charge >= 0.3 is 0 Å². The van der Waals surface area contributed by atoms with Crippen LogP contribution in [0.3, 0.4) is 0 Å². The maximum Gasteiger partial charge on any atom is 0.129 e. The van der Waals surface area contributed by atoms with Crippen LogP contribution in [0.1, 0.15) is 39.5 Å². The van der Waals surface area contributed by atoms with Crippen LogP contribution >= 0.6 is 0 Å². The molecule has 0 spiro atoms. The second-order valence-corrected chi connectivity index (χ2v) is 5.56. The lowest BCUT2D eigenvalue weighted by atomic mass is 9.95. The largest absolute Gasteiger partial charge is 0.493 e. The van der Waals surface area contributed by atoms with Crippen molar-refractivity contribution < 1.29 is 18.6 Å². The summed E-state index contributed by atoms with van der Waals surface area (Å²) in [6, 6.07) is 3.16. The van der Waals surface area contributed by atoms with Gasteiger partial charge < -0.3 is 15.2 Å². The van der Waals surface area contributed by atoms with Gasteiger partial charge in [-0.1, -0.05) is 6.92 Å². The average molecular weight is 301 g/mol. The Bertz CT molecular complexity index is 408. The molecule has 1 atom stereocenters. The van der Waals surface area contributed by atoms with Gasteiger partial charge in [-0.05, 0) is 39.2 Å². The molecule has 0 amide bonds. The van der Waals surface area contributed by atoms with Gasteiger partial charge in [-0.15, -0.1) is 0 Å². The van der Waals surface area contributed by atoms with Gasteiger partial charge in [0.1, 0.15) is 17.4 Å². The van der Waals surface area contributed by atoms with E-state index in [-0.39, 0.29) is 17.9 Å². The number of nitrogens with one attached hydrogen (secondary N) is 1. The number of hydrogen-bond donors (Lipinski definition) is 2. The van der Waals surface area contributed by atoms with Crippen LogP contribution in [0.4, 0.5) is 8.78 Å². The molecule has 3 nitrogen and oxygen atoms in total. The van der Waals surface area contributed by atoms with Gasteiger partial charge in [0.25, 0.3) is 0 Å². The molecule has 1 aromatic rings. The number of benzene rings is 1. The number of hydrogen-bond acceptors (Lipinski definition) is 3. The van der Waals surface area contributed by atoms with Gasteiger partial charge in [-0.25, -0.2) is 8.78 Å². The van der Waals surface area contributed by atoms with Gasteiger partial charge in [0.2, 0.25) is 0 Å². The van der Waals surface area contributed by atoms with E-state index in [1.54, 1.807) is 0 Å². The summed E-state index contributed by atoms with van der Waals surface area (Å²) in [5.74, 6) is -1.07. The van der Waals surface area contributed by atoms with Crippen molar-refractivity contribution in [1.29, 1.82) is 0 Å². The fourth-order valence-corrected chi connectivity index (χ4v) is 2.07. The van der Waals surface area contributed by atoms with E-state index in [0.29, 0.717) is 6.61 Å². The van der Waals surface area contributed by atoms with E-state index in [9.17, 15) is 13.9 Å². The number of halogens is 2. The number of aliphatic hydroxyl groups excluding tert-OH is 1. The van der Waals surface area contributed by atoms with Crippen molar-refractivity contribution in [1.82, 2.24) is 5.32 Å². The Morgan fingerprint density at radius 1 is 1.19 bits per heavy atom. The number of rotatable bonds is 10. The van der Waals surface area contributed by atoms with Crippen molar-refractivity contribution in [3.8, 4) is 5.75 Å². The molecule has 0 saturated carbocycles. The van der Waals surface area contributed by atoms with E-state index < -0.39 is 11.6 Å². The van der Waals surface area contributed by atoms with Crippen LogP contribution in [0, 0.1) is 11.6 Å². The van der Waals surface area contributed by atoms with E-state index in [1.165, 1.54) is 12.1 Å². The van der Waals surface area contributed by atoms with Crippen LogP contribution in [0.25, 0.3) is 0 Å². The molecule has 0 aromatic heterocycles. The highest BCUT2D eigenvalue weighted by molar-refractivity contribution is 5.23. The summed E-state index contributed by atoms with van der Waals surface area (Å²) >= 11 is 0. The van der Waals surface area contributed by atoms with E-state index in [4.69, 9.17) is 4.74 Å². The van der Waals surface area contributed by atoms with Crippen molar-refractivity contribution in [3.05, 3.63) is 29.8 Å². The summed E-state index contributed by atoms with van der Waals surface area (Å²) in [6.45, 7) is 5.43. The predicted molar refractivity (Wildman–Crippen MR) is 79.5 cm³/mol. The third-order valence-corrected chi connectivity index (χ3v) is 3.38. The fraction of sp³-hybridized carbons (Fsp3) is 0.625. The quantitative estimate of drug-likeness (QED) is 0.652. The molecule has 0 saturated heterocycles. The molecule has 1 rings (SSSR count). The number of ether oxygens (including phenoxy) is 1. The second-order valence-electron chi connectivity index (χ2n) is 5.56. The minimum absolute atomic E-state index is 0.0863. The number of aliphatic hydroxyl groups is 1. The smallest absolute Gasteiger partial charge is 0.129 e. The van der Waals surface area contributed by atoms with Crippen LogP contribution in [0.5, 0.6) is 5.75 Å². The summed E-state index contributed by atoms with van der Waals surface area (Å²) < 4.78 is 31.3. The van der Waals surface area contributed by atoms with E-state index in [1.807, 2.05) is 6.92 Å². The Kier molecular flexibility index (Phi) is 7.61. The average Bonchev–Trinajstić information content (AvgIpc) is 2.44. The molecular formula is C16H25F2NO2. The highest BCUT2D eigenvalue weighted by Crippen LogP contribution is 2.17. The Morgan fingerprint density at radius 3 is 2.43 bits per heavy atom. The van der Waals surface area contributed by atoms with E-state index in [0.717, 1.165) is 38.3 Å². The molecule has 21 heavy (non-hydrogen) atoms. The lowest BCUT2D eigenvalue weighted by Crippen LogP contribution is -2.46. The minimum atomic E-state index is -0.637. The normalized spacial score (nSPS) is 14.0. The molecule has 0 fully saturated rings. The predicted octanol–water partition coefficient (Wildman–Crippen LogP) is 3.26. The lowest BCUT2D eigenvalue weighted by molar-refractivity contribution is 0.160. The zero-order chi connectivity index (χ0) is 15.7. The summed E-state index contributed by atoms with van der Waals surface area (Å²) in [5.41, 5.74) is -0.277. The van der Waals surface area contributed by atoms with Gasteiger partial charge in [0.05, 0.1) is 13.2 Å². The molecular weight excluding hydrogens is 276 g/mol. The van der Waals surface area contributed by atoms with Crippen LogP contribution in [-0.4, -0.2) is 30.4 Å². The van der Waals surface area contributed by atoms with Crippen molar-refractivity contribution in [2.45, 2.75) is 45.1 Å². The molecule has 0 bridgehead atoms. The molecule has 120 valence electrons. The molecule has 0 aliphatic heterocycles. The molecule has 0 heterocycles. The first-order valence-corrected chi connectivity index (χ1v) is 7.44. The fourth-order valence-electron chi connectivity index (χ4n) is 2.07. The summed E-state index contributed by atoms with van der Waals surface area (Å²) in [6.07, 6.45) is 3.47. The molecule has 2 N–H and O–H groups in total. The SMILES string of the molecule is CCCNC(C)(CO)CCCCOc1cc(F)cc(F)c1. The Labute approximate surface area is 125 Å². The Balaban J connectivity index is 2.27. The monoisotopic (exact) mass is 301 g/mol. The van der Waals surface area contributed by atoms with Crippen LogP contribution in [0.15, 0.2) is 18.2 Å². The third kappa shape index (κ3) is 6.87. The molecule has 0 aliphatic rings. The molecule has 0 radical (unpaired) electrons. The molecule has 1 unspecified atom stereocenters. The van der Waals surface area contributed by atoms with Gasteiger partial charge in [0, 0.05) is 23.7 Å². The Morgan fingerprint density at radius 2 is 1.86 bits per heavy atom. The summed E-state index contributed by atoms with van der Waals surface area (Å²) in [5, 5.41) is 12.8. The van der Waals surface area contributed by atoms with Crippen LogP contribution < -0.4 is 10.1 Å². The van der Waals surface area contributed by atoms with Gasteiger partial charge in [-0.3, -0.25) is 0 Å². The van der Waals surface area contributed by atoms with Crippen LogP contribution in [-0.2, 0) is 0 Å². The molecule has 0 aliphatic carbocycles. The first kappa shape index (κ1) is 17.9. The van der Waals surface area contributed by atoms with Crippen LogP contribution in [0.2, 0.25) is 0 Å². The number of unbranched alkanes of at least 4 members (excludes halogenated alkanes) is 1. The van der Waals surface area contributed by atoms with Crippen molar-refractivity contribution in [2.24, 2.45) is 0 Å². The van der Waals surface area contributed by atoms with Crippen molar-refractivity contribution >= 4 is 0 Å². The summed E-state index contributed by atoms with van der Waals surface area (Å²) in [7, 11) is 0. The van der Waals surface area contributed by atoms with Crippen molar-refractivity contribution in [3.63, 3.8) is 0 Å². The lowest BCUT2D eigenvalue weighted by Gasteiger charge is -2.28. The highest BCUT2D eigenvalue weighted by atomic mass is 19.1. The molecule has 5 heteroatoms. The molecule has 1 aromatic carbocycles. The maximum atomic E-state index is 13.0. The highest BCUT2D eigenvalue weighted by Gasteiger charge is 2.21. The first-order valence-electron chi connectivity index (χ1n) is 7.44. The van der Waals surface area contributed by atoms with Crippen molar-refractivity contribution in [2.75, 3.05) is 19.8 Å². The first-order chi connectivity index (χ1) is 9.99. The second kappa shape index (κ2) is 8.95. The zero-order valence-corrected chi connectivity index (χ0v) is 12.8. The van der Waals surface area contributed by atoms with Gasteiger partial charge in [-0.2, -0.15) is 0 Å². The zero-order valence-electron chi connectivity index (χ0n) is 12.8. The minimum Gasteiger partial charge on any atom is -0.493 e. The van der Waals surface area contributed by atoms with E-state index in [2.05, 4.69) is 12.2 Å². The summed E-state index contributed by atoms with van der Waals surface area (Å²) in [4.78, 5) is 0. The maximum absolute atomic E-state index is 13.0. The standard InChI is InChI=1S/C16H25F2NO2/c1-3-7-19-16(2,12-20)6-4-5-8-21-15-10-13(17)9-14(18)11-15/h9-11,19-20H,3-8,12H2,1-2H3. The van der Waals surface area contributed by atoms with E-state index >= 15 is 0 Å². The third-order valence-electron chi connectivity index (χ3n) is 3.38. The Hall–Kier alpha value is -1.20.